The van der Waals surface area contributed by atoms with E-state index < -0.39 is 72.7 Å². The van der Waals surface area contributed by atoms with E-state index in [1.807, 2.05) is 5.32 Å². The van der Waals surface area contributed by atoms with Crippen molar-refractivity contribution in [2.45, 2.75) is 52.6 Å². The average molecular weight is 577 g/mol. The van der Waals surface area contributed by atoms with Crippen molar-refractivity contribution < 1.29 is 197 Å². The number of hydrogen-bond acceptors (Lipinski definition) is 13. The van der Waals surface area contributed by atoms with E-state index in [2.05, 4.69) is 0 Å². The minimum absolute atomic E-state index is 0. The number of carbonyl (C=O) groups is 8. The molecule has 0 saturated carbocycles. The molecule has 0 bridgehead atoms. The average Bonchev–Trinajstić information content (AvgIpc) is 2.51. The summed E-state index contributed by atoms with van der Waals surface area (Å²) in [5.41, 5.74) is 0. The van der Waals surface area contributed by atoms with Gasteiger partial charge in [0.05, 0.1) is 0 Å². The molecule has 0 fully saturated rings. The van der Waals surface area contributed by atoms with Crippen molar-refractivity contribution in [2.24, 2.45) is 0 Å². The van der Waals surface area contributed by atoms with Crippen LogP contribution in [0.4, 0.5) is 0 Å². The molecule has 1 atom stereocenters. The number of carboxylic acids is 8. The summed E-state index contributed by atoms with van der Waals surface area (Å²) in [6.07, 6.45) is -0.933. The number of rotatable bonds is 8. The smallest absolute Gasteiger partial charge is 0.550 e. The summed E-state index contributed by atoms with van der Waals surface area (Å²) in [5.74, 6) is -10.6. The summed E-state index contributed by atoms with van der Waals surface area (Å²) >= 11 is 0. The maximum atomic E-state index is 10.7. The molecule has 21 heteroatoms. The molecule has 0 heterocycles. The van der Waals surface area contributed by atoms with Crippen molar-refractivity contribution in [3.8, 4) is 0 Å². The van der Waals surface area contributed by atoms with Crippen LogP contribution in [0.25, 0.3) is 0 Å². The maximum absolute atomic E-state index is 10.7. The first kappa shape index (κ1) is 61.0. The number of carboxylic acid groups (broad SMARTS) is 8. The van der Waals surface area contributed by atoms with Crippen LogP contribution < -0.4 is 144 Å². The minimum Gasteiger partial charge on any atom is -0.550 e. The fourth-order valence-electron chi connectivity index (χ4n) is 0.995. The second-order valence-corrected chi connectivity index (χ2v) is 5.07. The van der Waals surface area contributed by atoms with Crippen LogP contribution in [0, 0.1) is 0 Å². The molecule has 0 spiro atoms. The van der Waals surface area contributed by atoms with Crippen LogP contribution in [0.3, 0.4) is 0 Å². The van der Waals surface area contributed by atoms with Gasteiger partial charge in [0, 0.05) is 30.3 Å². The first-order chi connectivity index (χ1) is 14.7. The van der Waals surface area contributed by atoms with Gasteiger partial charge in [0.15, 0.2) is 0 Å². The standard InChI is InChI=1S/C8H11NO8.4C2H4O2.4Na/c10-4(11)2-1-3(6(12)13)9-5(7(14)15)8(16)17;4*1-2(3)4;;;;/h3,5,9H,1-2H2,(H,10,11)(H,12,13)(H,14,15)(H,16,17);4*1H3,(H,3,4);;;;/q;;;;;4*+1/p-4/t3-;;;;;;;;/m0......../s1. The van der Waals surface area contributed by atoms with E-state index in [9.17, 15) is 19.2 Å². The van der Waals surface area contributed by atoms with Crippen molar-refractivity contribution in [3.05, 3.63) is 0 Å². The van der Waals surface area contributed by atoms with Crippen molar-refractivity contribution in [1.82, 2.24) is 5.32 Å². The Bertz CT molecular complexity index is 612. The molecule has 192 valence electrons. The van der Waals surface area contributed by atoms with Gasteiger partial charge in [0.25, 0.3) is 0 Å². The quantitative estimate of drug-likeness (QED) is 0.132. The first-order valence-corrected chi connectivity index (χ1v) is 8.05. The normalized spacial score (nSPS) is 8.24. The fraction of sp³-hybridized carbons (Fsp3) is 0.500. The van der Waals surface area contributed by atoms with Gasteiger partial charge in [-0.1, -0.05) is 0 Å². The zero-order chi connectivity index (χ0) is 27.9. The molecule has 37 heavy (non-hydrogen) atoms. The summed E-state index contributed by atoms with van der Waals surface area (Å²) in [6, 6.07) is -3.65. The third-order valence-corrected chi connectivity index (χ3v) is 1.81. The van der Waals surface area contributed by atoms with E-state index in [1.54, 1.807) is 0 Å². The van der Waals surface area contributed by atoms with Gasteiger partial charge in [-0.3, -0.25) is 14.9 Å². The molecule has 0 saturated heterocycles. The van der Waals surface area contributed by atoms with Crippen LogP contribution in [-0.4, -0.2) is 80.3 Å². The van der Waals surface area contributed by atoms with Gasteiger partial charge in [-0.05, 0) is 34.1 Å². The Kier molecular flexibility index (Phi) is 66.3. The molecule has 0 aromatic carbocycles. The Morgan fingerprint density at radius 3 is 0.919 bits per heavy atom. The molecular weight excluding hydrogens is 554 g/mol. The fourth-order valence-corrected chi connectivity index (χ4v) is 0.995. The Morgan fingerprint density at radius 1 is 0.568 bits per heavy atom. The van der Waals surface area contributed by atoms with E-state index in [-0.39, 0.29) is 118 Å². The molecule has 17 nitrogen and oxygen atoms in total. The van der Waals surface area contributed by atoms with E-state index >= 15 is 0 Å². The monoisotopic (exact) mass is 577 g/mol. The second-order valence-electron chi connectivity index (χ2n) is 5.07. The SMILES string of the molecule is CC(=O)[O-].CC(=O)[O-].CC(=O)[O-].CC(=O)[O-].O=C(O)CC[C@H](NC(C(=O)O)C(=O)O)C(=O)O.[Na+].[Na+].[Na+].[Na+]. The third kappa shape index (κ3) is 94.6. The van der Waals surface area contributed by atoms with Gasteiger partial charge < -0.3 is 60.0 Å². The van der Waals surface area contributed by atoms with Crippen molar-refractivity contribution in [3.63, 3.8) is 0 Å². The van der Waals surface area contributed by atoms with Crippen LogP contribution in [-0.2, 0) is 38.4 Å². The molecular formula is C16H23NNa4O16. The van der Waals surface area contributed by atoms with Crippen LogP contribution in [0.1, 0.15) is 40.5 Å². The Labute approximate surface area is 299 Å². The van der Waals surface area contributed by atoms with Crippen molar-refractivity contribution in [2.75, 3.05) is 0 Å². The zero-order valence-corrected chi connectivity index (χ0v) is 29.8. The molecule has 0 amide bonds. The van der Waals surface area contributed by atoms with Gasteiger partial charge in [-0.15, -0.1) is 0 Å². The summed E-state index contributed by atoms with van der Waals surface area (Å²) < 4.78 is 0. The first-order valence-electron chi connectivity index (χ1n) is 8.05. The number of carbonyl (C=O) groups excluding carboxylic acids is 4. The molecule has 5 N–H and O–H groups in total. The molecule has 0 aliphatic carbocycles. The van der Waals surface area contributed by atoms with Crippen LogP contribution >= 0.6 is 0 Å². The van der Waals surface area contributed by atoms with Gasteiger partial charge in [0.1, 0.15) is 6.04 Å². The van der Waals surface area contributed by atoms with E-state index in [0.717, 1.165) is 27.7 Å². The molecule has 0 aromatic rings. The molecule has 0 radical (unpaired) electrons. The van der Waals surface area contributed by atoms with Gasteiger partial charge in [-0.25, -0.2) is 9.59 Å². The van der Waals surface area contributed by atoms with E-state index in [1.165, 1.54) is 0 Å². The Morgan fingerprint density at radius 2 is 0.784 bits per heavy atom. The Balaban J connectivity index is -0.0000000465. The molecule has 0 unspecified atom stereocenters. The van der Waals surface area contributed by atoms with Crippen molar-refractivity contribution in [1.29, 1.82) is 0 Å². The molecule has 0 aliphatic heterocycles. The van der Waals surface area contributed by atoms with Crippen LogP contribution in [0.2, 0.25) is 0 Å². The topological polar surface area (TPSA) is 322 Å². The Hall–Kier alpha value is -0.280. The summed E-state index contributed by atoms with van der Waals surface area (Å²) in [5, 5.41) is 71.4. The zero-order valence-electron chi connectivity index (χ0n) is 21.8. The summed E-state index contributed by atoms with van der Waals surface area (Å²) in [4.78, 5) is 77.4. The number of hydrogen-bond donors (Lipinski definition) is 5. The largest absolute Gasteiger partial charge is 1.00 e. The molecule has 0 aliphatic rings. The van der Waals surface area contributed by atoms with Crippen LogP contribution in [0.5, 0.6) is 0 Å². The third-order valence-electron chi connectivity index (χ3n) is 1.81. The predicted octanol–water partition coefficient (Wildman–Crippen LogP) is -18.5. The molecule has 0 rings (SSSR count). The molecule has 0 aromatic heterocycles. The summed E-state index contributed by atoms with van der Waals surface area (Å²) in [6.45, 7) is 3.89. The maximum Gasteiger partial charge on any atom is 1.00 e. The van der Waals surface area contributed by atoms with Crippen molar-refractivity contribution >= 4 is 47.8 Å². The van der Waals surface area contributed by atoms with E-state index in [0.29, 0.717) is 0 Å². The van der Waals surface area contributed by atoms with Gasteiger partial charge in [-0.2, -0.15) is 0 Å². The minimum atomic E-state index is -2.09. The number of nitrogens with one attached hydrogen (secondary N) is 1. The summed E-state index contributed by atoms with van der Waals surface area (Å²) in [7, 11) is 0. The van der Waals surface area contributed by atoms with E-state index in [4.69, 9.17) is 60.0 Å². The predicted molar refractivity (Wildman–Crippen MR) is 93.2 cm³/mol. The van der Waals surface area contributed by atoms with Gasteiger partial charge >= 0.3 is 142 Å². The second kappa shape index (κ2) is 40.2. The van der Waals surface area contributed by atoms with Gasteiger partial charge in [0.2, 0.25) is 6.04 Å². The van der Waals surface area contributed by atoms with Crippen LogP contribution in [0.15, 0.2) is 0 Å². The number of aliphatic carboxylic acids is 8.